The van der Waals surface area contributed by atoms with Crippen molar-refractivity contribution in [2.75, 3.05) is 11.4 Å². The Kier molecular flexibility index (Phi) is 5.23. The first-order valence-electron chi connectivity index (χ1n) is 6.33. The van der Waals surface area contributed by atoms with Gasteiger partial charge in [0.25, 0.3) is 0 Å². The van der Waals surface area contributed by atoms with E-state index in [4.69, 9.17) is 5.73 Å². The van der Waals surface area contributed by atoms with E-state index in [-0.39, 0.29) is 6.04 Å². The molecule has 2 heteroatoms. The van der Waals surface area contributed by atoms with Crippen LogP contribution in [0.3, 0.4) is 0 Å². The highest BCUT2D eigenvalue weighted by atomic mass is 15.1. The van der Waals surface area contributed by atoms with Crippen LogP contribution in [-0.2, 0) is 0 Å². The minimum atomic E-state index is 0.149. The molecule has 0 spiro atoms. The van der Waals surface area contributed by atoms with Crippen LogP contribution in [-0.4, -0.2) is 12.6 Å². The molecule has 0 amide bonds. The zero-order valence-electron chi connectivity index (χ0n) is 11.2. The monoisotopic (exact) mass is 232 g/mol. The minimum Gasteiger partial charge on any atom is -0.365 e. The molecule has 1 unspecified atom stereocenters. The second-order valence-corrected chi connectivity index (χ2v) is 4.64. The molecule has 0 heterocycles. The molecule has 1 aromatic rings. The van der Waals surface area contributed by atoms with Crippen molar-refractivity contribution >= 4 is 5.69 Å². The Bertz CT molecular complexity index is 340. The Balaban J connectivity index is 2.87. The molecule has 94 valence electrons. The largest absolute Gasteiger partial charge is 0.365 e. The Labute approximate surface area is 105 Å². The van der Waals surface area contributed by atoms with Crippen LogP contribution in [0.15, 0.2) is 36.9 Å². The number of benzene rings is 1. The number of rotatable bonds is 6. The van der Waals surface area contributed by atoms with Gasteiger partial charge in [0.2, 0.25) is 0 Å². The minimum absolute atomic E-state index is 0.149. The standard InChI is InChI=1S/C15H24N2/c1-5-11-17(12(3)4)14-9-7-13(8-10-14)15(16)6-2/h5,7-10,12,15H,1,6,11,16H2,2-4H3. The van der Waals surface area contributed by atoms with Gasteiger partial charge < -0.3 is 10.6 Å². The third kappa shape index (κ3) is 3.60. The number of hydrogen-bond donors (Lipinski definition) is 1. The van der Waals surface area contributed by atoms with Gasteiger partial charge in [-0.1, -0.05) is 25.1 Å². The number of hydrogen-bond acceptors (Lipinski definition) is 2. The third-order valence-corrected chi connectivity index (χ3v) is 3.04. The maximum absolute atomic E-state index is 6.01. The normalized spacial score (nSPS) is 12.5. The van der Waals surface area contributed by atoms with Crippen LogP contribution in [0.4, 0.5) is 5.69 Å². The fourth-order valence-corrected chi connectivity index (χ4v) is 1.90. The average molecular weight is 232 g/mol. The van der Waals surface area contributed by atoms with Crippen molar-refractivity contribution in [2.45, 2.75) is 39.3 Å². The van der Waals surface area contributed by atoms with Crippen molar-refractivity contribution in [2.24, 2.45) is 5.73 Å². The van der Waals surface area contributed by atoms with E-state index >= 15 is 0 Å². The highest BCUT2D eigenvalue weighted by Gasteiger charge is 2.09. The highest BCUT2D eigenvalue weighted by molar-refractivity contribution is 5.49. The highest BCUT2D eigenvalue weighted by Crippen LogP contribution is 2.21. The van der Waals surface area contributed by atoms with Crippen LogP contribution in [0.2, 0.25) is 0 Å². The zero-order chi connectivity index (χ0) is 12.8. The number of nitrogens with zero attached hydrogens (tertiary/aromatic N) is 1. The summed E-state index contributed by atoms with van der Waals surface area (Å²) in [4.78, 5) is 2.31. The lowest BCUT2D eigenvalue weighted by Gasteiger charge is -2.28. The molecule has 1 atom stereocenters. The summed E-state index contributed by atoms with van der Waals surface area (Å²) in [6, 6.07) is 9.17. The predicted molar refractivity (Wildman–Crippen MR) is 76.3 cm³/mol. The molecule has 1 rings (SSSR count). The molecule has 0 bridgehead atoms. The first-order valence-corrected chi connectivity index (χ1v) is 6.33. The SMILES string of the molecule is C=CCN(c1ccc(C(N)CC)cc1)C(C)C. The van der Waals surface area contributed by atoms with Gasteiger partial charge in [0, 0.05) is 24.3 Å². The molecule has 0 aliphatic carbocycles. The van der Waals surface area contributed by atoms with Crippen LogP contribution < -0.4 is 10.6 Å². The molecular formula is C15H24N2. The molecular weight excluding hydrogens is 208 g/mol. The van der Waals surface area contributed by atoms with Gasteiger partial charge in [-0.25, -0.2) is 0 Å². The van der Waals surface area contributed by atoms with Crippen molar-refractivity contribution in [3.63, 3.8) is 0 Å². The summed E-state index contributed by atoms with van der Waals surface area (Å²) in [5, 5.41) is 0. The van der Waals surface area contributed by atoms with E-state index < -0.39 is 0 Å². The molecule has 2 nitrogen and oxygen atoms in total. The van der Waals surface area contributed by atoms with Gasteiger partial charge in [-0.3, -0.25) is 0 Å². The molecule has 0 saturated heterocycles. The fourth-order valence-electron chi connectivity index (χ4n) is 1.90. The lowest BCUT2D eigenvalue weighted by molar-refractivity contribution is 0.696. The van der Waals surface area contributed by atoms with Crippen molar-refractivity contribution in [1.29, 1.82) is 0 Å². The first-order chi connectivity index (χ1) is 8.10. The third-order valence-electron chi connectivity index (χ3n) is 3.04. The zero-order valence-corrected chi connectivity index (χ0v) is 11.2. The van der Waals surface area contributed by atoms with E-state index in [2.05, 4.69) is 56.5 Å². The average Bonchev–Trinajstić information content (AvgIpc) is 2.35. The van der Waals surface area contributed by atoms with Crippen molar-refractivity contribution < 1.29 is 0 Å². The van der Waals surface area contributed by atoms with E-state index in [9.17, 15) is 0 Å². The summed E-state index contributed by atoms with van der Waals surface area (Å²) < 4.78 is 0. The van der Waals surface area contributed by atoms with Crippen LogP contribution >= 0.6 is 0 Å². The van der Waals surface area contributed by atoms with Gasteiger partial charge in [0.05, 0.1) is 0 Å². The summed E-state index contributed by atoms with van der Waals surface area (Å²) >= 11 is 0. The molecule has 0 fully saturated rings. The second-order valence-electron chi connectivity index (χ2n) is 4.64. The van der Waals surface area contributed by atoms with Crippen LogP contribution in [0, 0.1) is 0 Å². The van der Waals surface area contributed by atoms with E-state index in [1.807, 2.05) is 6.08 Å². The van der Waals surface area contributed by atoms with Gasteiger partial charge in [0.1, 0.15) is 0 Å². The summed E-state index contributed by atoms with van der Waals surface area (Å²) in [5.74, 6) is 0. The molecule has 0 aliphatic rings. The summed E-state index contributed by atoms with van der Waals surface area (Å²) in [6.45, 7) is 11.2. The number of anilines is 1. The van der Waals surface area contributed by atoms with Crippen molar-refractivity contribution in [3.05, 3.63) is 42.5 Å². The van der Waals surface area contributed by atoms with Crippen molar-refractivity contribution in [3.8, 4) is 0 Å². The topological polar surface area (TPSA) is 29.3 Å². The van der Waals surface area contributed by atoms with Gasteiger partial charge in [-0.2, -0.15) is 0 Å². The number of nitrogens with two attached hydrogens (primary N) is 1. The van der Waals surface area contributed by atoms with Gasteiger partial charge >= 0.3 is 0 Å². The maximum atomic E-state index is 6.01. The van der Waals surface area contributed by atoms with Gasteiger partial charge in [-0.15, -0.1) is 6.58 Å². The molecule has 0 aliphatic heterocycles. The van der Waals surface area contributed by atoms with E-state index in [1.54, 1.807) is 0 Å². The quantitative estimate of drug-likeness (QED) is 0.761. The summed E-state index contributed by atoms with van der Waals surface area (Å²) in [6.07, 6.45) is 2.91. The Morgan fingerprint density at radius 2 is 1.88 bits per heavy atom. The smallest absolute Gasteiger partial charge is 0.0371 e. The molecule has 0 aromatic heterocycles. The van der Waals surface area contributed by atoms with Gasteiger partial charge in [0.15, 0.2) is 0 Å². The lowest BCUT2D eigenvalue weighted by Crippen LogP contribution is -2.30. The van der Waals surface area contributed by atoms with E-state index in [0.29, 0.717) is 6.04 Å². The fraction of sp³-hybridized carbons (Fsp3) is 0.467. The molecule has 2 N–H and O–H groups in total. The van der Waals surface area contributed by atoms with Crippen LogP contribution in [0.25, 0.3) is 0 Å². The summed E-state index contributed by atoms with van der Waals surface area (Å²) in [7, 11) is 0. The molecule has 0 radical (unpaired) electrons. The molecule has 0 saturated carbocycles. The lowest BCUT2D eigenvalue weighted by atomic mass is 10.0. The Hall–Kier alpha value is -1.28. The molecule has 17 heavy (non-hydrogen) atoms. The first kappa shape index (κ1) is 13.8. The second kappa shape index (κ2) is 6.45. The maximum Gasteiger partial charge on any atom is 0.0371 e. The predicted octanol–water partition coefficient (Wildman–Crippen LogP) is 3.50. The Morgan fingerprint density at radius 3 is 2.29 bits per heavy atom. The van der Waals surface area contributed by atoms with Gasteiger partial charge in [-0.05, 0) is 38.0 Å². The molecule has 1 aromatic carbocycles. The summed E-state index contributed by atoms with van der Waals surface area (Å²) in [5.41, 5.74) is 8.44. The van der Waals surface area contributed by atoms with Crippen molar-refractivity contribution in [1.82, 2.24) is 0 Å². The van der Waals surface area contributed by atoms with E-state index in [0.717, 1.165) is 13.0 Å². The van der Waals surface area contributed by atoms with Crippen LogP contribution in [0.5, 0.6) is 0 Å². The Morgan fingerprint density at radius 1 is 1.29 bits per heavy atom. The van der Waals surface area contributed by atoms with Crippen LogP contribution in [0.1, 0.15) is 38.8 Å². The van der Waals surface area contributed by atoms with E-state index in [1.165, 1.54) is 11.3 Å².